The maximum atomic E-state index is 12.6. The summed E-state index contributed by atoms with van der Waals surface area (Å²) in [7, 11) is -1.53. The highest BCUT2D eigenvalue weighted by Crippen LogP contribution is 2.24. The lowest BCUT2D eigenvalue weighted by Crippen LogP contribution is -2.35. The Morgan fingerprint density at radius 3 is 3.11 bits per heavy atom. The smallest absolute Gasteiger partial charge is 0.243 e. The molecule has 0 aromatic carbocycles. The van der Waals surface area contributed by atoms with E-state index in [-0.39, 0.29) is 6.10 Å². The minimum Gasteiger partial charge on any atom is -0.377 e. The van der Waals surface area contributed by atoms with Crippen LogP contribution in [0.25, 0.3) is 0 Å². The Labute approximate surface area is 118 Å². The van der Waals surface area contributed by atoms with Gasteiger partial charge in [-0.15, -0.1) is 11.3 Å². The van der Waals surface area contributed by atoms with Gasteiger partial charge >= 0.3 is 0 Å². The van der Waals surface area contributed by atoms with Gasteiger partial charge in [-0.1, -0.05) is 0 Å². The van der Waals surface area contributed by atoms with Gasteiger partial charge in [-0.05, 0) is 26.5 Å². The molecule has 1 N–H and O–H groups in total. The minimum atomic E-state index is -3.38. The van der Waals surface area contributed by atoms with Gasteiger partial charge in [-0.25, -0.2) is 8.42 Å². The maximum absolute atomic E-state index is 12.6. The first-order valence-corrected chi connectivity index (χ1v) is 8.70. The first-order chi connectivity index (χ1) is 9.04. The predicted molar refractivity (Wildman–Crippen MR) is 75.9 cm³/mol. The van der Waals surface area contributed by atoms with Gasteiger partial charge in [0, 0.05) is 36.5 Å². The van der Waals surface area contributed by atoms with Crippen LogP contribution in [0.1, 0.15) is 18.2 Å². The molecule has 0 radical (unpaired) electrons. The molecule has 0 saturated carbocycles. The molecule has 0 spiro atoms. The van der Waals surface area contributed by atoms with Crippen molar-refractivity contribution in [2.24, 2.45) is 0 Å². The summed E-state index contributed by atoms with van der Waals surface area (Å²) < 4.78 is 32.2. The summed E-state index contributed by atoms with van der Waals surface area (Å²) >= 11 is 1.47. The van der Waals surface area contributed by atoms with E-state index < -0.39 is 10.0 Å². The number of nitrogens with zero attached hydrogens (tertiary/aromatic N) is 1. The van der Waals surface area contributed by atoms with Crippen LogP contribution in [0.2, 0.25) is 0 Å². The van der Waals surface area contributed by atoms with Crippen molar-refractivity contribution >= 4 is 21.4 Å². The standard InChI is InChI=1S/C12H20N2O3S2/c1-10-8-14(4-3-5-17-10)19(15,16)12-6-11(7-13-2)18-9-12/h6,9-10,13H,3-5,7-8H2,1-2H3. The first kappa shape index (κ1) is 14.9. The zero-order valence-electron chi connectivity index (χ0n) is 11.3. The van der Waals surface area contributed by atoms with E-state index in [1.54, 1.807) is 11.4 Å². The zero-order valence-corrected chi connectivity index (χ0v) is 12.9. The molecule has 5 nitrogen and oxygen atoms in total. The molecule has 0 amide bonds. The highest BCUT2D eigenvalue weighted by molar-refractivity contribution is 7.89. The summed E-state index contributed by atoms with van der Waals surface area (Å²) in [5.74, 6) is 0. The van der Waals surface area contributed by atoms with Gasteiger partial charge in [-0.3, -0.25) is 0 Å². The molecule has 1 unspecified atom stereocenters. The molecule has 1 aliphatic rings. The van der Waals surface area contributed by atoms with Crippen molar-refractivity contribution in [3.63, 3.8) is 0 Å². The fraction of sp³-hybridized carbons (Fsp3) is 0.667. The van der Waals surface area contributed by atoms with Crippen molar-refractivity contribution in [3.05, 3.63) is 16.3 Å². The van der Waals surface area contributed by atoms with E-state index in [0.717, 1.165) is 11.3 Å². The second kappa shape index (κ2) is 6.32. The van der Waals surface area contributed by atoms with E-state index in [4.69, 9.17) is 4.74 Å². The van der Waals surface area contributed by atoms with Crippen molar-refractivity contribution in [3.8, 4) is 0 Å². The third-order valence-corrected chi connectivity index (χ3v) is 5.96. The highest BCUT2D eigenvalue weighted by atomic mass is 32.2. The summed E-state index contributed by atoms with van der Waals surface area (Å²) in [6.45, 7) is 4.19. The van der Waals surface area contributed by atoms with Crippen LogP contribution in [0.15, 0.2) is 16.3 Å². The number of rotatable bonds is 4. The molecular formula is C12H20N2O3S2. The van der Waals surface area contributed by atoms with Crippen molar-refractivity contribution in [2.75, 3.05) is 26.7 Å². The number of nitrogens with one attached hydrogen (secondary N) is 1. The van der Waals surface area contributed by atoms with Gasteiger partial charge in [0.2, 0.25) is 10.0 Å². The quantitative estimate of drug-likeness (QED) is 0.910. The van der Waals surface area contributed by atoms with Gasteiger partial charge in [-0.2, -0.15) is 4.31 Å². The van der Waals surface area contributed by atoms with E-state index in [0.29, 0.717) is 31.1 Å². The zero-order chi connectivity index (χ0) is 13.9. The molecule has 1 atom stereocenters. The number of hydrogen-bond donors (Lipinski definition) is 1. The van der Waals surface area contributed by atoms with Crippen molar-refractivity contribution in [2.45, 2.75) is 30.9 Å². The molecule has 0 bridgehead atoms. The fourth-order valence-electron chi connectivity index (χ4n) is 2.09. The van der Waals surface area contributed by atoms with Gasteiger partial charge in [0.15, 0.2) is 0 Å². The molecule has 1 aromatic heterocycles. The van der Waals surface area contributed by atoms with Crippen LogP contribution >= 0.6 is 11.3 Å². The van der Waals surface area contributed by atoms with Crippen molar-refractivity contribution < 1.29 is 13.2 Å². The monoisotopic (exact) mass is 304 g/mol. The Hall–Kier alpha value is -0.470. The summed E-state index contributed by atoms with van der Waals surface area (Å²) in [5, 5.41) is 4.75. The van der Waals surface area contributed by atoms with Gasteiger partial charge in [0.05, 0.1) is 11.0 Å². The maximum Gasteiger partial charge on any atom is 0.243 e. The molecule has 1 saturated heterocycles. The molecule has 1 aliphatic heterocycles. The lowest BCUT2D eigenvalue weighted by molar-refractivity contribution is 0.0752. The normalized spacial score (nSPS) is 22.3. The van der Waals surface area contributed by atoms with Crippen LogP contribution in [-0.2, 0) is 21.3 Å². The SMILES string of the molecule is CNCc1cc(S(=O)(=O)N2CCCOC(C)C2)cs1. The van der Waals surface area contributed by atoms with Gasteiger partial charge < -0.3 is 10.1 Å². The number of ether oxygens (including phenoxy) is 1. The van der Waals surface area contributed by atoms with Crippen LogP contribution < -0.4 is 5.32 Å². The molecule has 1 fully saturated rings. The van der Waals surface area contributed by atoms with E-state index in [1.165, 1.54) is 15.6 Å². The molecule has 1 aromatic rings. The second-order valence-electron chi connectivity index (χ2n) is 4.68. The van der Waals surface area contributed by atoms with E-state index in [1.807, 2.05) is 14.0 Å². The molecule has 0 aliphatic carbocycles. The van der Waals surface area contributed by atoms with E-state index >= 15 is 0 Å². The minimum absolute atomic E-state index is 0.0484. The molecule has 2 rings (SSSR count). The van der Waals surface area contributed by atoms with Crippen LogP contribution in [0, 0.1) is 0 Å². The van der Waals surface area contributed by atoms with E-state index in [9.17, 15) is 8.42 Å². The largest absolute Gasteiger partial charge is 0.377 e. The van der Waals surface area contributed by atoms with Gasteiger partial charge in [0.25, 0.3) is 0 Å². The summed E-state index contributed by atoms with van der Waals surface area (Å²) in [6.07, 6.45) is 0.699. The highest BCUT2D eigenvalue weighted by Gasteiger charge is 2.28. The lowest BCUT2D eigenvalue weighted by atomic mass is 10.4. The molecule has 2 heterocycles. The van der Waals surface area contributed by atoms with Crippen molar-refractivity contribution in [1.82, 2.24) is 9.62 Å². The Morgan fingerprint density at radius 2 is 2.37 bits per heavy atom. The summed E-state index contributed by atoms with van der Waals surface area (Å²) in [5.41, 5.74) is 0. The van der Waals surface area contributed by atoms with Crippen molar-refractivity contribution in [1.29, 1.82) is 0 Å². The van der Waals surface area contributed by atoms with Crippen LogP contribution in [0.4, 0.5) is 0 Å². The summed E-state index contributed by atoms with van der Waals surface area (Å²) in [4.78, 5) is 1.43. The lowest BCUT2D eigenvalue weighted by Gasteiger charge is -2.20. The molecule has 7 heteroatoms. The van der Waals surface area contributed by atoms with Crippen LogP contribution in [0.5, 0.6) is 0 Å². The number of sulfonamides is 1. The van der Waals surface area contributed by atoms with Crippen LogP contribution in [-0.4, -0.2) is 45.6 Å². The Kier molecular flexibility index (Phi) is 4.97. The third-order valence-electron chi connectivity index (χ3n) is 3.03. The molecule has 108 valence electrons. The second-order valence-corrected chi connectivity index (χ2v) is 7.61. The average molecular weight is 304 g/mol. The Bertz CT molecular complexity index is 513. The average Bonchev–Trinajstić information content (AvgIpc) is 2.72. The third kappa shape index (κ3) is 3.55. The first-order valence-electron chi connectivity index (χ1n) is 6.38. The Balaban J connectivity index is 2.19. The van der Waals surface area contributed by atoms with E-state index in [2.05, 4.69) is 5.32 Å². The Morgan fingerprint density at radius 1 is 1.58 bits per heavy atom. The molecule has 19 heavy (non-hydrogen) atoms. The topological polar surface area (TPSA) is 58.6 Å². The van der Waals surface area contributed by atoms with Crippen LogP contribution in [0.3, 0.4) is 0 Å². The van der Waals surface area contributed by atoms with Gasteiger partial charge in [0.1, 0.15) is 0 Å². The number of thiophene rings is 1. The predicted octanol–water partition coefficient (Wildman–Crippen LogP) is 1.27. The fourth-order valence-corrected chi connectivity index (χ4v) is 4.91. The summed E-state index contributed by atoms with van der Waals surface area (Å²) in [6, 6.07) is 1.76. The molecular weight excluding hydrogens is 284 g/mol. The number of hydrogen-bond acceptors (Lipinski definition) is 5.